The van der Waals surface area contributed by atoms with Crippen LogP contribution in [-0.2, 0) is 6.54 Å². The predicted octanol–water partition coefficient (Wildman–Crippen LogP) is 1.33. The number of aromatic nitrogens is 2. The Morgan fingerprint density at radius 3 is 2.81 bits per heavy atom. The molecular weight excluding hydrogens is 202 g/mol. The number of nitrogens with zero attached hydrogens (tertiary/aromatic N) is 2. The first kappa shape index (κ1) is 12.9. The number of nitrogens with one attached hydrogen (secondary N) is 1. The zero-order valence-electron chi connectivity index (χ0n) is 10.4. The first-order chi connectivity index (χ1) is 7.59. The Bertz CT molecular complexity index is 371. The highest BCUT2D eigenvalue weighted by Crippen LogP contribution is 1.93. The fourth-order valence-corrected chi connectivity index (χ4v) is 1.48. The molecule has 0 spiro atoms. The molecule has 0 amide bonds. The van der Waals surface area contributed by atoms with Gasteiger partial charge < -0.3 is 5.32 Å². The van der Waals surface area contributed by atoms with Gasteiger partial charge in [0.05, 0.1) is 6.33 Å². The van der Waals surface area contributed by atoms with Gasteiger partial charge in [-0.1, -0.05) is 13.8 Å². The minimum Gasteiger partial charge on any atom is -0.315 e. The molecule has 4 heteroatoms. The van der Waals surface area contributed by atoms with Crippen LogP contribution in [0.4, 0.5) is 0 Å². The summed E-state index contributed by atoms with van der Waals surface area (Å²) in [6, 6.07) is 2.11. The lowest BCUT2D eigenvalue weighted by atomic mass is 10.3. The van der Waals surface area contributed by atoms with E-state index in [-0.39, 0.29) is 5.56 Å². The molecule has 0 saturated carbocycles. The van der Waals surface area contributed by atoms with Crippen molar-refractivity contribution in [1.82, 2.24) is 14.9 Å². The minimum atomic E-state index is 0.0457. The Kier molecular flexibility index (Phi) is 5.19. The Balaban J connectivity index is 2.30. The van der Waals surface area contributed by atoms with Gasteiger partial charge in [-0.05, 0) is 26.3 Å². The molecule has 1 aromatic heterocycles. The molecule has 0 aliphatic carbocycles. The standard InChI is InChI=1S/C12H21N3O/c1-10(2)13-6-4-5-7-15-9-14-11(3)8-12(15)16/h8-10,13H,4-7H2,1-3H3. The third-order valence-electron chi connectivity index (χ3n) is 2.39. The van der Waals surface area contributed by atoms with E-state index in [1.165, 1.54) is 0 Å². The molecule has 1 aromatic rings. The molecule has 0 bridgehead atoms. The van der Waals surface area contributed by atoms with E-state index in [9.17, 15) is 4.79 Å². The molecule has 1 N–H and O–H groups in total. The zero-order valence-corrected chi connectivity index (χ0v) is 10.4. The lowest BCUT2D eigenvalue weighted by molar-refractivity contribution is 0.523. The van der Waals surface area contributed by atoms with E-state index in [1.807, 2.05) is 6.92 Å². The van der Waals surface area contributed by atoms with Crippen molar-refractivity contribution in [2.75, 3.05) is 6.54 Å². The molecule has 0 radical (unpaired) electrons. The van der Waals surface area contributed by atoms with Gasteiger partial charge in [-0.15, -0.1) is 0 Å². The molecule has 1 rings (SSSR count). The van der Waals surface area contributed by atoms with E-state index in [4.69, 9.17) is 0 Å². The van der Waals surface area contributed by atoms with Gasteiger partial charge in [-0.3, -0.25) is 9.36 Å². The van der Waals surface area contributed by atoms with Gasteiger partial charge in [0.2, 0.25) is 0 Å². The second-order valence-corrected chi connectivity index (χ2v) is 4.38. The molecule has 0 unspecified atom stereocenters. The van der Waals surface area contributed by atoms with Crippen LogP contribution in [0.15, 0.2) is 17.2 Å². The molecule has 0 atom stereocenters. The quantitative estimate of drug-likeness (QED) is 0.740. The average Bonchev–Trinajstić information content (AvgIpc) is 2.20. The Morgan fingerprint density at radius 2 is 2.19 bits per heavy atom. The number of hydrogen-bond donors (Lipinski definition) is 1. The monoisotopic (exact) mass is 223 g/mol. The predicted molar refractivity (Wildman–Crippen MR) is 65.6 cm³/mol. The number of aryl methyl sites for hydroxylation is 2. The fourth-order valence-electron chi connectivity index (χ4n) is 1.48. The largest absolute Gasteiger partial charge is 0.315 e. The Hall–Kier alpha value is -1.16. The third kappa shape index (κ3) is 4.57. The maximum atomic E-state index is 11.5. The zero-order chi connectivity index (χ0) is 12.0. The summed E-state index contributed by atoms with van der Waals surface area (Å²) in [6.45, 7) is 7.86. The van der Waals surface area contributed by atoms with E-state index >= 15 is 0 Å². The number of rotatable bonds is 6. The van der Waals surface area contributed by atoms with Crippen LogP contribution in [0, 0.1) is 6.92 Å². The molecule has 1 heterocycles. The summed E-state index contributed by atoms with van der Waals surface area (Å²) in [5.41, 5.74) is 0.826. The lowest BCUT2D eigenvalue weighted by Crippen LogP contribution is -2.24. The number of unbranched alkanes of at least 4 members (excludes halogenated alkanes) is 1. The summed E-state index contributed by atoms with van der Waals surface area (Å²) < 4.78 is 1.67. The van der Waals surface area contributed by atoms with Crippen LogP contribution < -0.4 is 10.9 Å². The topological polar surface area (TPSA) is 46.9 Å². The summed E-state index contributed by atoms with van der Waals surface area (Å²) in [5.74, 6) is 0. The summed E-state index contributed by atoms with van der Waals surface area (Å²) >= 11 is 0. The van der Waals surface area contributed by atoms with Crippen LogP contribution in [0.1, 0.15) is 32.4 Å². The Labute approximate surface area is 96.7 Å². The average molecular weight is 223 g/mol. The smallest absolute Gasteiger partial charge is 0.253 e. The van der Waals surface area contributed by atoms with E-state index < -0.39 is 0 Å². The molecular formula is C12H21N3O. The molecule has 4 nitrogen and oxygen atoms in total. The lowest BCUT2D eigenvalue weighted by Gasteiger charge is -2.08. The highest BCUT2D eigenvalue weighted by atomic mass is 16.1. The van der Waals surface area contributed by atoms with E-state index in [0.717, 1.165) is 31.6 Å². The fraction of sp³-hybridized carbons (Fsp3) is 0.667. The van der Waals surface area contributed by atoms with Crippen molar-refractivity contribution in [1.29, 1.82) is 0 Å². The van der Waals surface area contributed by atoms with Crippen LogP contribution in [-0.4, -0.2) is 22.1 Å². The second kappa shape index (κ2) is 6.43. The van der Waals surface area contributed by atoms with E-state index in [2.05, 4.69) is 24.1 Å². The molecule has 0 saturated heterocycles. The van der Waals surface area contributed by atoms with Gasteiger partial charge in [0.1, 0.15) is 0 Å². The SMILES string of the molecule is Cc1cc(=O)n(CCCCNC(C)C)cn1. The van der Waals surface area contributed by atoms with Crippen molar-refractivity contribution >= 4 is 0 Å². The molecule has 16 heavy (non-hydrogen) atoms. The summed E-state index contributed by atoms with van der Waals surface area (Å²) in [4.78, 5) is 15.6. The normalized spacial score (nSPS) is 11.0. The van der Waals surface area contributed by atoms with Crippen LogP contribution in [0.3, 0.4) is 0 Å². The van der Waals surface area contributed by atoms with Crippen molar-refractivity contribution in [2.24, 2.45) is 0 Å². The van der Waals surface area contributed by atoms with Gasteiger partial charge >= 0.3 is 0 Å². The van der Waals surface area contributed by atoms with Crippen molar-refractivity contribution in [3.8, 4) is 0 Å². The van der Waals surface area contributed by atoms with Crippen molar-refractivity contribution in [3.63, 3.8) is 0 Å². The molecule has 0 aliphatic rings. The van der Waals surface area contributed by atoms with E-state index in [0.29, 0.717) is 6.04 Å². The highest BCUT2D eigenvalue weighted by molar-refractivity contribution is 4.95. The minimum absolute atomic E-state index is 0.0457. The summed E-state index contributed by atoms with van der Waals surface area (Å²) in [6.07, 6.45) is 3.72. The third-order valence-corrected chi connectivity index (χ3v) is 2.39. The van der Waals surface area contributed by atoms with E-state index in [1.54, 1.807) is 17.0 Å². The van der Waals surface area contributed by atoms with Gasteiger partial charge in [0, 0.05) is 24.3 Å². The van der Waals surface area contributed by atoms with Crippen LogP contribution >= 0.6 is 0 Å². The maximum absolute atomic E-state index is 11.5. The van der Waals surface area contributed by atoms with Gasteiger partial charge in [-0.25, -0.2) is 4.98 Å². The first-order valence-electron chi connectivity index (χ1n) is 5.86. The first-order valence-corrected chi connectivity index (χ1v) is 5.86. The van der Waals surface area contributed by atoms with Crippen LogP contribution in [0.5, 0.6) is 0 Å². The molecule has 0 aliphatic heterocycles. The van der Waals surface area contributed by atoms with Crippen molar-refractivity contribution in [2.45, 2.75) is 46.2 Å². The molecule has 0 aromatic carbocycles. The van der Waals surface area contributed by atoms with Crippen molar-refractivity contribution < 1.29 is 0 Å². The maximum Gasteiger partial charge on any atom is 0.253 e. The molecule has 90 valence electrons. The summed E-state index contributed by atoms with van der Waals surface area (Å²) in [5, 5.41) is 3.35. The van der Waals surface area contributed by atoms with Crippen LogP contribution in [0.25, 0.3) is 0 Å². The summed E-state index contributed by atoms with van der Waals surface area (Å²) in [7, 11) is 0. The number of hydrogen-bond acceptors (Lipinski definition) is 3. The van der Waals surface area contributed by atoms with Gasteiger partial charge in [0.15, 0.2) is 0 Å². The molecule has 0 fully saturated rings. The Morgan fingerprint density at radius 1 is 1.44 bits per heavy atom. The van der Waals surface area contributed by atoms with Crippen molar-refractivity contribution in [3.05, 3.63) is 28.4 Å². The highest BCUT2D eigenvalue weighted by Gasteiger charge is 1.97. The second-order valence-electron chi connectivity index (χ2n) is 4.38. The van der Waals surface area contributed by atoms with Crippen LogP contribution in [0.2, 0.25) is 0 Å². The van der Waals surface area contributed by atoms with Gasteiger partial charge in [-0.2, -0.15) is 0 Å². The van der Waals surface area contributed by atoms with Gasteiger partial charge in [0.25, 0.3) is 5.56 Å².